The summed E-state index contributed by atoms with van der Waals surface area (Å²) < 4.78 is 5.23. The summed E-state index contributed by atoms with van der Waals surface area (Å²) in [5.74, 6) is 0.381. The maximum atomic E-state index is 13.2. The van der Waals surface area contributed by atoms with Crippen molar-refractivity contribution in [3.8, 4) is 0 Å². The molecule has 2 bridgehead atoms. The van der Waals surface area contributed by atoms with Crippen LogP contribution in [0.2, 0.25) is 0 Å². The summed E-state index contributed by atoms with van der Waals surface area (Å²) in [6.45, 7) is 4.07. The van der Waals surface area contributed by atoms with Gasteiger partial charge < -0.3 is 9.64 Å². The number of ether oxygens (including phenoxy) is 1. The van der Waals surface area contributed by atoms with Crippen molar-refractivity contribution < 1.29 is 9.53 Å². The van der Waals surface area contributed by atoms with Gasteiger partial charge in [-0.3, -0.25) is 14.5 Å². The van der Waals surface area contributed by atoms with E-state index in [1.165, 1.54) is 0 Å². The van der Waals surface area contributed by atoms with Crippen molar-refractivity contribution in [1.82, 2.24) is 20.0 Å². The van der Waals surface area contributed by atoms with E-state index in [2.05, 4.69) is 15.1 Å². The average Bonchev–Trinajstić information content (AvgIpc) is 2.98. The molecular weight excluding hydrogens is 332 g/mol. The molecule has 4 heterocycles. The highest BCUT2D eigenvalue weighted by atomic mass is 16.5. The van der Waals surface area contributed by atoms with Gasteiger partial charge in [0, 0.05) is 44.7 Å². The van der Waals surface area contributed by atoms with Crippen LogP contribution in [0.25, 0.3) is 10.8 Å². The van der Waals surface area contributed by atoms with Crippen molar-refractivity contribution in [1.29, 1.82) is 0 Å². The number of benzene rings is 1. The van der Waals surface area contributed by atoms with E-state index in [0.717, 1.165) is 32.5 Å². The van der Waals surface area contributed by atoms with Crippen LogP contribution in [0.3, 0.4) is 0 Å². The largest absolute Gasteiger partial charge is 0.383 e. The van der Waals surface area contributed by atoms with Gasteiger partial charge in [0.15, 0.2) is 5.69 Å². The van der Waals surface area contributed by atoms with Crippen LogP contribution in [0, 0.1) is 5.92 Å². The molecule has 1 amide bonds. The molecule has 0 spiro atoms. The Bertz CT molecular complexity index is 865. The second-order valence-electron chi connectivity index (χ2n) is 7.24. The summed E-state index contributed by atoms with van der Waals surface area (Å²) in [4.78, 5) is 29.6. The molecule has 2 atom stereocenters. The highest BCUT2D eigenvalue weighted by Gasteiger charge is 2.37. The highest BCUT2D eigenvalue weighted by Crippen LogP contribution is 2.29. The molecule has 1 aromatic heterocycles. The fraction of sp³-hybridized carbons (Fsp3) is 0.526. The van der Waals surface area contributed by atoms with E-state index < -0.39 is 0 Å². The molecule has 0 unspecified atom stereocenters. The number of carbonyl (C=O) groups excluding carboxylic acids is 1. The van der Waals surface area contributed by atoms with Crippen molar-refractivity contribution >= 4 is 16.7 Å². The lowest BCUT2D eigenvalue weighted by atomic mass is 9.95. The molecule has 3 aliphatic rings. The molecule has 1 aromatic carbocycles. The van der Waals surface area contributed by atoms with Gasteiger partial charge in [-0.2, -0.15) is 5.10 Å². The Labute approximate surface area is 151 Å². The minimum absolute atomic E-state index is 0.0945. The fourth-order valence-corrected chi connectivity index (χ4v) is 4.25. The zero-order valence-electron chi connectivity index (χ0n) is 15.0. The number of aromatic amines is 1. The predicted molar refractivity (Wildman–Crippen MR) is 98.2 cm³/mol. The summed E-state index contributed by atoms with van der Waals surface area (Å²) in [7, 11) is 1.72. The topological polar surface area (TPSA) is 78.5 Å². The molecule has 5 rings (SSSR count). The number of fused-ring (bicyclic) bond motifs is 5. The van der Waals surface area contributed by atoms with Crippen LogP contribution in [0.15, 0.2) is 29.1 Å². The summed E-state index contributed by atoms with van der Waals surface area (Å²) >= 11 is 0. The van der Waals surface area contributed by atoms with Gasteiger partial charge in [-0.15, -0.1) is 0 Å². The van der Waals surface area contributed by atoms with E-state index in [1.807, 2.05) is 11.0 Å². The van der Waals surface area contributed by atoms with Crippen molar-refractivity contribution in [3.05, 3.63) is 40.3 Å². The Morgan fingerprint density at radius 2 is 2.04 bits per heavy atom. The third kappa shape index (κ3) is 3.12. The first-order chi connectivity index (χ1) is 12.7. The van der Waals surface area contributed by atoms with Gasteiger partial charge in [-0.25, -0.2) is 5.10 Å². The van der Waals surface area contributed by atoms with Crippen LogP contribution in [0.1, 0.15) is 23.3 Å². The maximum Gasteiger partial charge on any atom is 0.275 e. The molecule has 7 heteroatoms. The second kappa shape index (κ2) is 7.17. The van der Waals surface area contributed by atoms with Crippen molar-refractivity contribution in [2.45, 2.75) is 18.9 Å². The first-order valence-corrected chi connectivity index (χ1v) is 9.17. The van der Waals surface area contributed by atoms with Crippen molar-refractivity contribution in [3.63, 3.8) is 0 Å². The van der Waals surface area contributed by atoms with Crippen molar-refractivity contribution in [2.75, 3.05) is 39.9 Å². The lowest BCUT2D eigenvalue weighted by molar-refractivity contribution is 0.0713. The fourth-order valence-electron chi connectivity index (χ4n) is 4.25. The first kappa shape index (κ1) is 17.2. The minimum atomic E-state index is -0.265. The number of carbonyl (C=O) groups is 1. The predicted octanol–water partition coefficient (Wildman–Crippen LogP) is 1.11. The number of aromatic nitrogens is 2. The molecule has 0 saturated carbocycles. The van der Waals surface area contributed by atoms with E-state index in [9.17, 15) is 9.59 Å². The lowest BCUT2D eigenvalue weighted by Crippen LogP contribution is -2.45. The maximum absolute atomic E-state index is 13.2. The van der Waals surface area contributed by atoms with Crippen LogP contribution in [-0.2, 0) is 4.74 Å². The van der Waals surface area contributed by atoms with Gasteiger partial charge in [0.1, 0.15) is 0 Å². The summed E-state index contributed by atoms with van der Waals surface area (Å²) in [6, 6.07) is 7.51. The van der Waals surface area contributed by atoms with Gasteiger partial charge in [0.05, 0.1) is 12.0 Å². The van der Waals surface area contributed by atoms with Gasteiger partial charge in [-0.05, 0) is 24.8 Å². The molecule has 3 aliphatic heterocycles. The van der Waals surface area contributed by atoms with Crippen LogP contribution < -0.4 is 5.56 Å². The normalized spacial score (nSPS) is 23.3. The molecule has 2 aromatic rings. The Kier molecular flexibility index (Phi) is 4.74. The van der Waals surface area contributed by atoms with E-state index in [0.29, 0.717) is 41.6 Å². The third-order valence-corrected chi connectivity index (χ3v) is 5.60. The van der Waals surface area contributed by atoms with Gasteiger partial charge in [0.25, 0.3) is 11.5 Å². The molecule has 7 nitrogen and oxygen atoms in total. The zero-order chi connectivity index (χ0) is 18.1. The number of nitrogens with one attached hydrogen (secondary N) is 1. The molecule has 0 radical (unpaired) electrons. The Hall–Kier alpha value is -2.25. The third-order valence-electron chi connectivity index (χ3n) is 5.60. The summed E-state index contributed by atoms with van der Waals surface area (Å²) in [5.41, 5.74) is 0.0729. The van der Waals surface area contributed by atoms with Gasteiger partial charge >= 0.3 is 0 Å². The van der Waals surface area contributed by atoms with Crippen LogP contribution in [0.5, 0.6) is 0 Å². The number of hydrogen-bond donors (Lipinski definition) is 1. The molecule has 0 aliphatic carbocycles. The Morgan fingerprint density at radius 3 is 2.85 bits per heavy atom. The van der Waals surface area contributed by atoms with Crippen LogP contribution in [0.4, 0.5) is 0 Å². The van der Waals surface area contributed by atoms with E-state index in [1.54, 1.807) is 25.3 Å². The molecule has 3 fully saturated rings. The molecule has 26 heavy (non-hydrogen) atoms. The van der Waals surface area contributed by atoms with Crippen LogP contribution >= 0.6 is 0 Å². The number of piperidine rings is 1. The molecule has 3 saturated heterocycles. The second-order valence-corrected chi connectivity index (χ2v) is 7.24. The smallest absolute Gasteiger partial charge is 0.275 e. The van der Waals surface area contributed by atoms with Gasteiger partial charge in [-0.1, -0.05) is 18.2 Å². The number of nitrogens with zero attached hydrogens (tertiary/aromatic N) is 3. The summed E-state index contributed by atoms with van der Waals surface area (Å²) in [5, 5.41) is 7.69. The van der Waals surface area contributed by atoms with E-state index in [-0.39, 0.29) is 11.5 Å². The minimum Gasteiger partial charge on any atom is -0.383 e. The summed E-state index contributed by atoms with van der Waals surface area (Å²) in [6.07, 6.45) is 2.26. The lowest BCUT2D eigenvalue weighted by Gasteiger charge is -2.35. The molecule has 138 valence electrons. The quantitative estimate of drug-likeness (QED) is 0.888. The number of H-pyrrole nitrogens is 1. The number of hydrogen-bond acceptors (Lipinski definition) is 5. The first-order valence-electron chi connectivity index (χ1n) is 9.17. The SMILES string of the molecule is COCCN1C[C@H]2CC[C@@H]1CN(C(=O)c1n[nH]c(=O)c3ccccc13)C2. The van der Waals surface area contributed by atoms with E-state index >= 15 is 0 Å². The van der Waals surface area contributed by atoms with E-state index in [4.69, 9.17) is 4.74 Å². The Balaban J connectivity index is 1.62. The zero-order valence-corrected chi connectivity index (χ0v) is 15.0. The molecule has 1 N–H and O–H groups in total. The average molecular weight is 356 g/mol. The van der Waals surface area contributed by atoms with Gasteiger partial charge in [0.2, 0.25) is 0 Å². The number of amides is 1. The van der Waals surface area contributed by atoms with Crippen molar-refractivity contribution in [2.24, 2.45) is 5.92 Å². The standard InChI is InChI=1S/C19H24N4O3/c1-26-9-8-22-10-13-6-7-14(22)12-23(11-13)19(25)17-15-4-2-3-5-16(15)18(24)21-20-17/h2-5,13-14H,6-12H2,1H3,(H,21,24)/t13-,14-/m1/s1. The Morgan fingerprint density at radius 1 is 1.23 bits per heavy atom. The van der Waals surface area contributed by atoms with Crippen LogP contribution in [-0.4, -0.2) is 71.8 Å². The number of rotatable bonds is 4. The highest BCUT2D eigenvalue weighted by molar-refractivity contribution is 6.04. The number of methoxy groups -OCH3 is 1. The molecular formula is C19H24N4O3. The monoisotopic (exact) mass is 356 g/mol.